The average Bonchev–Trinajstić information content (AvgIpc) is 3.07. The Kier molecular flexibility index (Phi) is 6.64. The molecule has 0 spiro atoms. The van der Waals surface area contributed by atoms with Crippen molar-refractivity contribution in [2.45, 2.75) is 32.2 Å². The molecule has 1 saturated heterocycles. The Bertz CT molecular complexity index is 608. The first-order valence-electron chi connectivity index (χ1n) is 8.52. The third kappa shape index (κ3) is 4.63. The number of nitrogens with one attached hydrogen (secondary N) is 1. The van der Waals surface area contributed by atoms with E-state index in [0.29, 0.717) is 23.6 Å². The SMILES string of the molecule is COc1cc(C(=O)NCCCN2CCCC2C(N)=O)cc(OC)c1C. The quantitative estimate of drug-likeness (QED) is 0.685. The Labute approximate surface area is 148 Å². The summed E-state index contributed by atoms with van der Waals surface area (Å²) >= 11 is 0. The molecule has 0 radical (unpaired) electrons. The third-order valence-corrected chi connectivity index (χ3v) is 4.61. The van der Waals surface area contributed by atoms with Crippen LogP contribution < -0.4 is 20.5 Å². The van der Waals surface area contributed by atoms with Gasteiger partial charge in [-0.05, 0) is 44.9 Å². The molecule has 1 fully saturated rings. The second kappa shape index (κ2) is 8.71. The highest BCUT2D eigenvalue weighted by Gasteiger charge is 2.28. The number of carbonyl (C=O) groups is 2. The standard InChI is InChI=1S/C18H27N3O4/c1-12-15(24-2)10-13(11-16(12)25-3)18(23)20-7-5-9-21-8-4-6-14(21)17(19)22/h10-11,14H,4-9H2,1-3H3,(H2,19,22)(H,20,23). The van der Waals surface area contributed by atoms with E-state index in [9.17, 15) is 9.59 Å². The van der Waals surface area contributed by atoms with Crippen molar-refractivity contribution in [3.8, 4) is 11.5 Å². The van der Waals surface area contributed by atoms with Crippen molar-refractivity contribution in [1.29, 1.82) is 0 Å². The number of ether oxygens (including phenoxy) is 2. The van der Waals surface area contributed by atoms with E-state index in [4.69, 9.17) is 15.2 Å². The Balaban J connectivity index is 1.87. The number of hydrogen-bond donors (Lipinski definition) is 2. The molecule has 2 amide bonds. The van der Waals surface area contributed by atoms with E-state index in [1.165, 1.54) is 0 Å². The Hall–Kier alpha value is -2.28. The summed E-state index contributed by atoms with van der Waals surface area (Å²) in [7, 11) is 3.13. The maximum absolute atomic E-state index is 12.4. The summed E-state index contributed by atoms with van der Waals surface area (Å²) in [5.74, 6) is 0.793. The topological polar surface area (TPSA) is 93.9 Å². The molecular formula is C18H27N3O4. The number of primary amides is 1. The van der Waals surface area contributed by atoms with Gasteiger partial charge in [0.15, 0.2) is 0 Å². The molecule has 7 nitrogen and oxygen atoms in total. The molecular weight excluding hydrogens is 322 g/mol. The third-order valence-electron chi connectivity index (χ3n) is 4.61. The fourth-order valence-electron chi connectivity index (χ4n) is 3.22. The molecule has 1 aromatic rings. The van der Waals surface area contributed by atoms with Gasteiger partial charge in [-0.3, -0.25) is 14.5 Å². The van der Waals surface area contributed by atoms with Gasteiger partial charge in [-0.2, -0.15) is 0 Å². The zero-order chi connectivity index (χ0) is 18.4. The van der Waals surface area contributed by atoms with Crippen molar-refractivity contribution < 1.29 is 19.1 Å². The minimum absolute atomic E-state index is 0.165. The number of nitrogens with two attached hydrogens (primary N) is 1. The van der Waals surface area contributed by atoms with Crippen molar-refractivity contribution in [3.63, 3.8) is 0 Å². The number of methoxy groups -OCH3 is 2. The van der Waals surface area contributed by atoms with Gasteiger partial charge in [0, 0.05) is 24.2 Å². The molecule has 1 aliphatic rings. The summed E-state index contributed by atoms with van der Waals surface area (Å²) in [6, 6.07) is 3.24. The van der Waals surface area contributed by atoms with E-state index in [1.807, 2.05) is 6.92 Å². The molecule has 0 aromatic heterocycles. The van der Waals surface area contributed by atoms with Crippen LogP contribution in [0.5, 0.6) is 11.5 Å². The maximum atomic E-state index is 12.4. The summed E-state index contributed by atoms with van der Waals surface area (Å²) < 4.78 is 10.6. The van der Waals surface area contributed by atoms with Crippen LogP contribution >= 0.6 is 0 Å². The molecule has 7 heteroatoms. The summed E-state index contributed by atoms with van der Waals surface area (Å²) in [6.45, 7) is 4.03. The molecule has 1 unspecified atom stereocenters. The highest BCUT2D eigenvalue weighted by molar-refractivity contribution is 5.95. The lowest BCUT2D eigenvalue weighted by Gasteiger charge is -2.21. The van der Waals surface area contributed by atoms with Gasteiger partial charge in [0.25, 0.3) is 5.91 Å². The smallest absolute Gasteiger partial charge is 0.251 e. The summed E-state index contributed by atoms with van der Waals surface area (Å²) in [6.07, 6.45) is 2.57. The van der Waals surface area contributed by atoms with Crippen molar-refractivity contribution in [3.05, 3.63) is 23.3 Å². The van der Waals surface area contributed by atoms with Gasteiger partial charge in [0.05, 0.1) is 20.3 Å². The van der Waals surface area contributed by atoms with Crippen LogP contribution in [-0.4, -0.2) is 56.6 Å². The van der Waals surface area contributed by atoms with Gasteiger partial charge < -0.3 is 20.5 Å². The number of likely N-dealkylation sites (tertiary alicyclic amines) is 1. The second-order valence-corrected chi connectivity index (χ2v) is 6.21. The Morgan fingerprint density at radius 3 is 2.48 bits per heavy atom. The number of amides is 2. The zero-order valence-corrected chi connectivity index (χ0v) is 15.1. The van der Waals surface area contributed by atoms with Crippen LogP contribution in [0.4, 0.5) is 0 Å². The normalized spacial score (nSPS) is 17.3. The molecule has 0 saturated carbocycles. The largest absolute Gasteiger partial charge is 0.496 e. The van der Waals surface area contributed by atoms with E-state index in [0.717, 1.165) is 37.9 Å². The van der Waals surface area contributed by atoms with Crippen LogP contribution in [0.15, 0.2) is 12.1 Å². The number of carbonyl (C=O) groups excluding carboxylic acids is 2. The van der Waals surface area contributed by atoms with Gasteiger partial charge in [0.2, 0.25) is 5.91 Å². The monoisotopic (exact) mass is 349 g/mol. The predicted molar refractivity (Wildman–Crippen MR) is 95.0 cm³/mol. The first-order chi connectivity index (χ1) is 12.0. The summed E-state index contributed by atoms with van der Waals surface area (Å²) in [5.41, 5.74) is 6.76. The number of nitrogens with zero attached hydrogens (tertiary/aromatic N) is 1. The highest BCUT2D eigenvalue weighted by atomic mass is 16.5. The van der Waals surface area contributed by atoms with Crippen LogP contribution in [0, 0.1) is 6.92 Å². The Morgan fingerprint density at radius 1 is 1.28 bits per heavy atom. The zero-order valence-electron chi connectivity index (χ0n) is 15.1. The van der Waals surface area contributed by atoms with Crippen LogP contribution in [0.3, 0.4) is 0 Å². The molecule has 1 aliphatic heterocycles. The number of hydrogen-bond acceptors (Lipinski definition) is 5. The Morgan fingerprint density at radius 2 is 1.92 bits per heavy atom. The maximum Gasteiger partial charge on any atom is 0.251 e. The van der Waals surface area contributed by atoms with E-state index < -0.39 is 0 Å². The first kappa shape index (κ1) is 19.1. The minimum atomic E-state index is -0.264. The van der Waals surface area contributed by atoms with Crippen LogP contribution in [-0.2, 0) is 4.79 Å². The van der Waals surface area contributed by atoms with Gasteiger partial charge in [-0.15, -0.1) is 0 Å². The molecule has 1 aromatic carbocycles. The molecule has 1 heterocycles. The van der Waals surface area contributed by atoms with Gasteiger partial charge in [-0.1, -0.05) is 0 Å². The van der Waals surface area contributed by atoms with Gasteiger partial charge in [-0.25, -0.2) is 0 Å². The van der Waals surface area contributed by atoms with Crippen molar-refractivity contribution >= 4 is 11.8 Å². The van der Waals surface area contributed by atoms with Crippen molar-refractivity contribution in [2.75, 3.05) is 33.9 Å². The molecule has 2 rings (SSSR count). The lowest BCUT2D eigenvalue weighted by atomic mass is 10.1. The second-order valence-electron chi connectivity index (χ2n) is 6.21. The van der Waals surface area contributed by atoms with Crippen LogP contribution in [0.25, 0.3) is 0 Å². The fraction of sp³-hybridized carbons (Fsp3) is 0.556. The molecule has 0 aliphatic carbocycles. The lowest BCUT2D eigenvalue weighted by molar-refractivity contribution is -0.122. The van der Waals surface area contributed by atoms with E-state index >= 15 is 0 Å². The highest BCUT2D eigenvalue weighted by Crippen LogP contribution is 2.29. The minimum Gasteiger partial charge on any atom is -0.496 e. The average molecular weight is 349 g/mol. The number of benzene rings is 1. The van der Waals surface area contributed by atoms with E-state index in [2.05, 4.69) is 10.2 Å². The summed E-state index contributed by atoms with van der Waals surface area (Å²) in [5, 5.41) is 2.90. The fourth-order valence-corrected chi connectivity index (χ4v) is 3.22. The van der Waals surface area contributed by atoms with E-state index in [1.54, 1.807) is 26.4 Å². The van der Waals surface area contributed by atoms with Crippen molar-refractivity contribution in [1.82, 2.24) is 10.2 Å². The first-order valence-corrected chi connectivity index (χ1v) is 8.52. The predicted octanol–water partition coefficient (Wildman–Crippen LogP) is 1.08. The van der Waals surface area contributed by atoms with Gasteiger partial charge in [0.1, 0.15) is 11.5 Å². The van der Waals surface area contributed by atoms with E-state index in [-0.39, 0.29) is 17.9 Å². The molecule has 25 heavy (non-hydrogen) atoms. The molecule has 1 atom stereocenters. The van der Waals surface area contributed by atoms with Crippen molar-refractivity contribution in [2.24, 2.45) is 5.73 Å². The van der Waals surface area contributed by atoms with Crippen LogP contribution in [0.2, 0.25) is 0 Å². The van der Waals surface area contributed by atoms with Crippen LogP contribution in [0.1, 0.15) is 35.2 Å². The molecule has 3 N–H and O–H groups in total. The lowest BCUT2D eigenvalue weighted by Crippen LogP contribution is -2.41. The number of rotatable bonds is 8. The summed E-state index contributed by atoms with van der Waals surface area (Å²) in [4.78, 5) is 25.8. The molecule has 138 valence electrons. The van der Waals surface area contributed by atoms with Gasteiger partial charge >= 0.3 is 0 Å². The molecule has 0 bridgehead atoms.